The van der Waals surface area contributed by atoms with Gasteiger partial charge >= 0.3 is 0 Å². The molecule has 0 N–H and O–H groups in total. The molecule has 2 heteroatoms. The van der Waals surface area contributed by atoms with Crippen LogP contribution in [0.15, 0.2) is 236 Å². The summed E-state index contributed by atoms with van der Waals surface area (Å²) in [6, 6.07) is 58.0. The van der Waals surface area contributed by atoms with Crippen LogP contribution in [0.25, 0.3) is 43.8 Å². The first-order valence-electron chi connectivity index (χ1n) is 19.2. The molecular weight excluding hydrogens is 677 g/mol. The Morgan fingerprint density at radius 3 is 1.48 bits per heavy atom. The highest BCUT2D eigenvalue weighted by Crippen LogP contribution is 2.46. The number of allylic oxidation sites excluding steroid dienone is 10. The van der Waals surface area contributed by atoms with Gasteiger partial charge in [-0.3, -0.25) is 0 Å². The zero-order chi connectivity index (χ0) is 39.1. The number of rotatable bonds is 11. The highest BCUT2D eigenvalue weighted by molar-refractivity contribution is 6.22. The summed E-state index contributed by atoms with van der Waals surface area (Å²) in [7, 11) is 2.14. The Labute approximate surface area is 333 Å². The lowest BCUT2D eigenvalue weighted by molar-refractivity contribution is 1.09. The predicted molar refractivity (Wildman–Crippen MR) is 247 cm³/mol. The van der Waals surface area contributed by atoms with Gasteiger partial charge in [-0.1, -0.05) is 177 Å². The molecule has 0 saturated heterocycles. The third kappa shape index (κ3) is 9.06. The number of benzene rings is 7. The molecule has 0 radical (unpaired) electrons. The van der Waals surface area contributed by atoms with Crippen molar-refractivity contribution in [1.82, 2.24) is 0 Å². The number of fused-ring (bicyclic) bond motifs is 2. The molecule has 0 saturated carbocycles. The van der Waals surface area contributed by atoms with E-state index in [1.54, 1.807) is 0 Å². The number of anilines is 3. The summed E-state index contributed by atoms with van der Waals surface area (Å²) in [6.45, 7) is 10.2. The van der Waals surface area contributed by atoms with Crippen molar-refractivity contribution in [3.05, 3.63) is 236 Å². The van der Waals surface area contributed by atoms with Crippen LogP contribution in [0.5, 0.6) is 0 Å². The van der Waals surface area contributed by atoms with Gasteiger partial charge in [0.25, 0.3) is 0 Å². The van der Waals surface area contributed by atoms with Crippen LogP contribution in [0, 0.1) is 0 Å². The summed E-state index contributed by atoms with van der Waals surface area (Å²) in [5, 5.41) is 4.86. The van der Waals surface area contributed by atoms with E-state index in [2.05, 4.69) is 195 Å². The van der Waals surface area contributed by atoms with Crippen molar-refractivity contribution in [2.75, 3.05) is 16.8 Å². The topological polar surface area (TPSA) is 6.48 Å². The van der Waals surface area contributed by atoms with E-state index < -0.39 is 0 Å². The van der Waals surface area contributed by atoms with E-state index in [1.165, 1.54) is 43.8 Å². The molecule has 2 nitrogen and oxygen atoms in total. The van der Waals surface area contributed by atoms with Crippen LogP contribution in [0.2, 0.25) is 0 Å². The SMILES string of the molecule is C=C/C=C\C(=C/C)N(c1ccccc1)c1ccc2c(-c3ccccc3)c3cc(N(C)/C(C)=C/C=C\C=C/C)ccc3c(-c3ccccc3)c2c1.c1ccccc1. The van der Waals surface area contributed by atoms with E-state index in [9.17, 15) is 0 Å². The molecule has 0 aliphatic carbocycles. The number of para-hydroxylation sites is 1. The molecule has 0 aliphatic heterocycles. The second-order valence-electron chi connectivity index (χ2n) is 13.4. The number of hydrogen-bond donors (Lipinski definition) is 0. The lowest BCUT2D eigenvalue weighted by Crippen LogP contribution is -2.15. The molecule has 0 spiro atoms. The Bertz CT molecular complexity index is 2480. The van der Waals surface area contributed by atoms with E-state index in [4.69, 9.17) is 0 Å². The second kappa shape index (κ2) is 19.4. The largest absolute Gasteiger partial charge is 0.348 e. The third-order valence-electron chi connectivity index (χ3n) is 9.77. The highest BCUT2D eigenvalue weighted by atomic mass is 15.1. The quantitative estimate of drug-likeness (QED) is 0.0967. The molecule has 0 unspecified atom stereocenters. The maximum Gasteiger partial charge on any atom is 0.0468 e. The van der Waals surface area contributed by atoms with Gasteiger partial charge < -0.3 is 9.80 Å². The van der Waals surface area contributed by atoms with Crippen molar-refractivity contribution in [1.29, 1.82) is 0 Å². The summed E-state index contributed by atoms with van der Waals surface area (Å²) in [5.74, 6) is 0. The molecular formula is C54H50N2. The van der Waals surface area contributed by atoms with E-state index in [-0.39, 0.29) is 0 Å². The normalized spacial score (nSPS) is 12.0. The summed E-state index contributed by atoms with van der Waals surface area (Å²) in [5.41, 5.74) is 10.4. The van der Waals surface area contributed by atoms with Crippen LogP contribution < -0.4 is 9.80 Å². The molecule has 7 rings (SSSR count). The minimum atomic E-state index is 1.07. The number of nitrogens with zero attached hydrogens (tertiary/aromatic N) is 2. The Morgan fingerprint density at radius 2 is 0.982 bits per heavy atom. The minimum Gasteiger partial charge on any atom is -0.348 e. The fourth-order valence-electron chi connectivity index (χ4n) is 6.94. The van der Waals surface area contributed by atoms with Gasteiger partial charge in [0, 0.05) is 35.5 Å². The number of hydrogen-bond acceptors (Lipinski definition) is 2. The van der Waals surface area contributed by atoms with Gasteiger partial charge in [-0.05, 0) is 113 Å². The summed E-state index contributed by atoms with van der Waals surface area (Å²) in [4.78, 5) is 4.58. The van der Waals surface area contributed by atoms with Crippen LogP contribution in [0.1, 0.15) is 20.8 Å². The molecule has 0 fully saturated rings. The lowest BCUT2D eigenvalue weighted by Gasteiger charge is -2.28. The highest BCUT2D eigenvalue weighted by Gasteiger charge is 2.20. The first kappa shape index (κ1) is 38.8. The van der Waals surface area contributed by atoms with Gasteiger partial charge in [0.15, 0.2) is 0 Å². The predicted octanol–water partition coefficient (Wildman–Crippen LogP) is 15.3. The molecule has 0 bridgehead atoms. The van der Waals surface area contributed by atoms with Crippen LogP contribution in [0.3, 0.4) is 0 Å². The summed E-state index contributed by atoms with van der Waals surface area (Å²) in [6.07, 6.45) is 18.5. The first-order chi connectivity index (χ1) is 27.5. The fraction of sp³-hybridized carbons (Fsp3) is 0.0741. The molecule has 0 aromatic heterocycles. The van der Waals surface area contributed by atoms with Gasteiger partial charge in [-0.2, -0.15) is 0 Å². The maximum atomic E-state index is 3.93. The van der Waals surface area contributed by atoms with Crippen molar-refractivity contribution >= 4 is 38.6 Å². The Balaban J connectivity index is 0.000000809. The van der Waals surface area contributed by atoms with Gasteiger partial charge in [-0.25, -0.2) is 0 Å². The second-order valence-corrected chi connectivity index (χ2v) is 13.4. The summed E-state index contributed by atoms with van der Waals surface area (Å²) >= 11 is 0. The van der Waals surface area contributed by atoms with Crippen LogP contribution >= 0.6 is 0 Å². The molecule has 0 atom stereocenters. The van der Waals surface area contributed by atoms with E-state index in [0.29, 0.717) is 0 Å². The molecule has 0 aliphatic rings. The third-order valence-corrected chi connectivity index (χ3v) is 9.77. The van der Waals surface area contributed by atoms with Crippen LogP contribution in [-0.4, -0.2) is 7.05 Å². The average Bonchev–Trinajstić information content (AvgIpc) is 3.26. The zero-order valence-corrected chi connectivity index (χ0v) is 32.9. The Morgan fingerprint density at radius 1 is 0.500 bits per heavy atom. The van der Waals surface area contributed by atoms with Crippen LogP contribution in [0.4, 0.5) is 17.1 Å². The molecule has 0 heterocycles. The zero-order valence-electron chi connectivity index (χ0n) is 32.9. The standard InChI is InChI=1S/C48H44N2.C6H6/c1-6-9-11-15-22-36(4)49(5)41-30-32-43-45(34-41)47(37-23-16-12-17-24-37)44-33-31-42(35-46(44)48(43)38-25-18-13-19-26-38)50(39(8-3)27-10-7-2)40-28-20-14-21-29-40;1-2-4-6-5-3-1/h6-35H,2H2,1,3-5H3;1-6H/b9-6-,15-11-,27-10-,36-22+,39-8+;. The Kier molecular flexibility index (Phi) is 13.5. The van der Waals surface area contributed by atoms with Crippen molar-refractivity contribution < 1.29 is 0 Å². The molecule has 0 amide bonds. The van der Waals surface area contributed by atoms with Crippen molar-refractivity contribution in [2.45, 2.75) is 20.8 Å². The Hall–Kier alpha value is -6.90. The maximum absolute atomic E-state index is 3.93. The van der Waals surface area contributed by atoms with Crippen molar-refractivity contribution in [3.8, 4) is 22.3 Å². The van der Waals surface area contributed by atoms with Gasteiger partial charge in [-0.15, -0.1) is 0 Å². The van der Waals surface area contributed by atoms with Gasteiger partial charge in [0.1, 0.15) is 0 Å². The monoisotopic (exact) mass is 726 g/mol. The molecule has 56 heavy (non-hydrogen) atoms. The first-order valence-corrected chi connectivity index (χ1v) is 19.2. The van der Waals surface area contributed by atoms with Gasteiger partial charge in [0.2, 0.25) is 0 Å². The van der Waals surface area contributed by atoms with Crippen molar-refractivity contribution in [2.24, 2.45) is 0 Å². The van der Waals surface area contributed by atoms with E-state index in [0.717, 1.165) is 28.5 Å². The molecule has 7 aromatic rings. The lowest BCUT2D eigenvalue weighted by atomic mass is 9.85. The van der Waals surface area contributed by atoms with E-state index >= 15 is 0 Å². The fourth-order valence-corrected chi connectivity index (χ4v) is 6.94. The smallest absolute Gasteiger partial charge is 0.0468 e. The molecule has 276 valence electrons. The average molecular weight is 727 g/mol. The van der Waals surface area contributed by atoms with Crippen LogP contribution in [-0.2, 0) is 0 Å². The summed E-state index contributed by atoms with van der Waals surface area (Å²) < 4.78 is 0. The van der Waals surface area contributed by atoms with Crippen molar-refractivity contribution in [3.63, 3.8) is 0 Å². The minimum absolute atomic E-state index is 1.07. The molecule has 7 aromatic carbocycles. The van der Waals surface area contributed by atoms with Gasteiger partial charge in [0.05, 0.1) is 0 Å². The van der Waals surface area contributed by atoms with E-state index in [1.807, 2.05) is 67.6 Å².